The van der Waals surface area contributed by atoms with Gasteiger partial charge in [0.25, 0.3) is 5.69 Å². The molecule has 0 aliphatic heterocycles. The van der Waals surface area contributed by atoms with Crippen LogP contribution >= 0.6 is 0 Å². The summed E-state index contributed by atoms with van der Waals surface area (Å²) in [5.74, 6) is -0.902. The third-order valence-corrected chi connectivity index (χ3v) is 3.94. The van der Waals surface area contributed by atoms with Gasteiger partial charge in [-0.05, 0) is 35.2 Å². The summed E-state index contributed by atoms with van der Waals surface area (Å²) in [5.41, 5.74) is 3.82. The maximum Gasteiger partial charge on any atom is 0.281 e. The molecule has 0 atom stereocenters. The minimum atomic E-state index is -0.580. The average molecular weight is 321 g/mol. The van der Waals surface area contributed by atoms with Crippen LogP contribution in [0, 0.1) is 17.0 Å². The van der Waals surface area contributed by atoms with Gasteiger partial charge in [-0.2, -0.15) is 0 Å². The van der Waals surface area contributed by atoms with Crippen molar-refractivity contribution in [3.63, 3.8) is 0 Å². The second kappa shape index (κ2) is 6.04. The normalized spacial score (nSPS) is 10.5. The minimum absolute atomic E-state index is 0.256. The van der Waals surface area contributed by atoms with Crippen LogP contribution in [0.4, 0.5) is 5.69 Å². The van der Waals surface area contributed by atoms with Crippen LogP contribution in [0.2, 0.25) is 0 Å². The molecule has 3 aromatic rings. The van der Waals surface area contributed by atoms with E-state index in [0.717, 1.165) is 22.8 Å². The predicted octanol–water partition coefficient (Wildman–Crippen LogP) is 4.65. The molecule has 5 nitrogen and oxygen atoms in total. The maximum absolute atomic E-state index is 11.2. The first-order valence-electron chi connectivity index (χ1n) is 7.34. The van der Waals surface area contributed by atoms with E-state index in [4.69, 9.17) is 0 Å². The molecule has 5 heteroatoms. The number of phenols is 2. The number of aryl methyl sites for hydroxylation is 1. The lowest BCUT2D eigenvalue weighted by atomic mass is 9.97. The Morgan fingerprint density at radius 3 is 1.96 bits per heavy atom. The minimum Gasteiger partial charge on any atom is -0.504 e. The Balaban J connectivity index is 2.08. The molecule has 0 radical (unpaired) electrons. The van der Waals surface area contributed by atoms with Crippen LogP contribution in [0.5, 0.6) is 11.5 Å². The molecular formula is C19H15NO4. The Morgan fingerprint density at radius 2 is 1.38 bits per heavy atom. The van der Waals surface area contributed by atoms with Gasteiger partial charge in [0, 0.05) is 0 Å². The SMILES string of the molecule is Cc1ccccc1-c1ccc(-c2cc(O)c(O)cc2[N+](=O)[O-])cc1. The summed E-state index contributed by atoms with van der Waals surface area (Å²) < 4.78 is 0. The first-order chi connectivity index (χ1) is 11.5. The lowest BCUT2D eigenvalue weighted by Crippen LogP contribution is -1.92. The van der Waals surface area contributed by atoms with Gasteiger partial charge in [-0.1, -0.05) is 48.5 Å². The number of nitro benzene ring substituents is 1. The summed E-state index contributed by atoms with van der Waals surface area (Å²) in [7, 11) is 0. The number of nitrogens with zero attached hydrogens (tertiary/aromatic N) is 1. The van der Waals surface area contributed by atoms with Crippen molar-refractivity contribution in [3.8, 4) is 33.8 Å². The van der Waals surface area contributed by atoms with Gasteiger partial charge in [-0.3, -0.25) is 10.1 Å². The molecular weight excluding hydrogens is 306 g/mol. The molecule has 0 aromatic heterocycles. The molecule has 24 heavy (non-hydrogen) atoms. The molecule has 0 spiro atoms. The lowest BCUT2D eigenvalue weighted by Gasteiger charge is -2.09. The summed E-state index contributed by atoms with van der Waals surface area (Å²) in [6, 6.07) is 17.4. The zero-order valence-corrected chi connectivity index (χ0v) is 12.9. The summed E-state index contributed by atoms with van der Waals surface area (Å²) >= 11 is 0. The van der Waals surface area contributed by atoms with Crippen molar-refractivity contribution in [2.24, 2.45) is 0 Å². The van der Waals surface area contributed by atoms with Crippen LogP contribution in [-0.2, 0) is 0 Å². The summed E-state index contributed by atoms with van der Waals surface area (Å²) in [4.78, 5) is 10.6. The summed E-state index contributed by atoms with van der Waals surface area (Å²) in [6.45, 7) is 2.02. The maximum atomic E-state index is 11.2. The van der Waals surface area contributed by atoms with Crippen molar-refractivity contribution in [1.82, 2.24) is 0 Å². The number of hydrogen-bond donors (Lipinski definition) is 2. The fourth-order valence-electron chi connectivity index (χ4n) is 2.67. The number of phenolic OH excluding ortho intramolecular Hbond substituents is 2. The van der Waals surface area contributed by atoms with E-state index < -0.39 is 16.4 Å². The van der Waals surface area contributed by atoms with Crippen LogP contribution in [0.3, 0.4) is 0 Å². The highest BCUT2D eigenvalue weighted by molar-refractivity contribution is 5.79. The van der Waals surface area contributed by atoms with E-state index in [1.165, 1.54) is 6.07 Å². The highest BCUT2D eigenvalue weighted by Crippen LogP contribution is 2.39. The highest BCUT2D eigenvalue weighted by Gasteiger charge is 2.19. The van der Waals surface area contributed by atoms with E-state index in [-0.39, 0.29) is 11.3 Å². The molecule has 0 aliphatic rings. The van der Waals surface area contributed by atoms with E-state index in [0.29, 0.717) is 5.56 Å². The largest absolute Gasteiger partial charge is 0.504 e. The zero-order valence-electron chi connectivity index (χ0n) is 12.9. The predicted molar refractivity (Wildman–Crippen MR) is 92.0 cm³/mol. The van der Waals surface area contributed by atoms with Gasteiger partial charge < -0.3 is 10.2 Å². The Bertz CT molecular complexity index is 917. The van der Waals surface area contributed by atoms with Crippen molar-refractivity contribution in [3.05, 3.63) is 76.3 Å². The van der Waals surface area contributed by atoms with E-state index in [9.17, 15) is 20.3 Å². The van der Waals surface area contributed by atoms with Crippen LogP contribution in [0.1, 0.15) is 5.56 Å². The van der Waals surface area contributed by atoms with Crippen LogP contribution in [-0.4, -0.2) is 15.1 Å². The summed E-state index contributed by atoms with van der Waals surface area (Å²) in [6.07, 6.45) is 0. The third kappa shape index (κ3) is 2.79. The van der Waals surface area contributed by atoms with E-state index in [2.05, 4.69) is 0 Å². The molecule has 2 N–H and O–H groups in total. The zero-order chi connectivity index (χ0) is 17.3. The quantitative estimate of drug-likeness (QED) is 0.418. The smallest absolute Gasteiger partial charge is 0.281 e. The lowest BCUT2D eigenvalue weighted by molar-refractivity contribution is -0.384. The van der Waals surface area contributed by atoms with Crippen LogP contribution < -0.4 is 0 Å². The van der Waals surface area contributed by atoms with E-state index in [1.807, 2.05) is 43.3 Å². The Kier molecular flexibility index (Phi) is 3.92. The Morgan fingerprint density at radius 1 is 0.833 bits per heavy atom. The standard InChI is InChI=1S/C19H15NO4/c1-12-4-2-3-5-15(12)13-6-8-14(9-7-13)16-10-18(21)19(22)11-17(16)20(23)24/h2-11,21-22H,1H3. The van der Waals surface area contributed by atoms with Gasteiger partial charge in [-0.15, -0.1) is 0 Å². The van der Waals surface area contributed by atoms with Gasteiger partial charge in [0.15, 0.2) is 11.5 Å². The van der Waals surface area contributed by atoms with Gasteiger partial charge in [0.1, 0.15) is 0 Å². The molecule has 3 rings (SSSR count). The Hall–Kier alpha value is -3.34. The monoisotopic (exact) mass is 321 g/mol. The van der Waals surface area contributed by atoms with Gasteiger partial charge in [0.2, 0.25) is 0 Å². The van der Waals surface area contributed by atoms with Crippen molar-refractivity contribution in [2.75, 3.05) is 0 Å². The van der Waals surface area contributed by atoms with Crippen molar-refractivity contribution < 1.29 is 15.1 Å². The van der Waals surface area contributed by atoms with Crippen LogP contribution in [0.15, 0.2) is 60.7 Å². The fourth-order valence-corrected chi connectivity index (χ4v) is 2.67. The molecule has 0 bridgehead atoms. The van der Waals surface area contributed by atoms with E-state index >= 15 is 0 Å². The average Bonchev–Trinajstić information content (AvgIpc) is 2.57. The van der Waals surface area contributed by atoms with Gasteiger partial charge in [0.05, 0.1) is 16.6 Å². The molecule has 120 valence electrons. The van der Waals surface area contributed by atoms with E-state index in [1.54, 1.807) is 12.1 Å². The summed E-state index contributed by atoms with van der Waals surface area (Å²) in [5, 5.41) is 30.4. The topological polar surface area (TPSA) is 83.6 Å². The number of aromatic hydroxyl groups is 2. The van der Waals surface area contributed by atoms with Crippen molar-refractivity contribution in [2.45, 2.75) is 6.92 Å². The highest BCUT2D eigenvalue weighted by atomic mass is 16.6. The molecule has 0 saturated carbocycles. The van der Waals surface area contributed by atoms with Gasteiger partial charge in [-0.25, -0.2) is 0 Å². The fraction of sp³-hybridized carbons (Fsp3) is 0.0526. The van der Waals surface area contributed by atoms with Crippen LogP contribution in [0.25, 0.3) is 22.3 Å². The van der Waals surface area contributed by atoms with Gasteiger partial charge >= 0.3 is 0 Å². The second-order valence-corrected chi connectivity index (χ2v) is 5.51. The molecule has 0 aliphatic carbocycles. The molecule has 0 saturated heterocycles. The third-order valence-electron chi connectivity index (χ3n) is 3.94. The number of rotatable bonds is 3. The molecule has 0 amide bonds. The molecule has 0 unspecified atom stereocenters. The first-order valence-corrected chi connectivity index (χ1v) is 7.34. The van der Waals surface area contributed by atoms with Crippen molar-refractivity contribution >= 4 is 5.69 Å². The molecule has 3 aromatic carbocycles. The number of hydrogen-bond acceptors (Lipinski definition) is 4. The molecule has 0 fully saturated rings. The van der Waals surface area contributed by atoms with Crippen molar-refractivity contribution in [1.29, 1.82) is 0 Å². The number of nitro groups is 1. The first kappa shape index (κ1) is 15.6. The molecule has 0 heterocycles. The number of benzene rings is 3. The Labute approximate surface area is 138 Å². The second-order valence-electron chi connectivity index (χ2n) is 5.51.